The summed E-state index contributed by atoms with van der Waals surface area (Å²) in [6, 6.07) is 0. The molecule has 0 aliphatic heterocycles. The highest BCUT2D eigenvalue weighted by molar-refractivity contribution is 5.91. The van der Waals surface area contributed by atoms with Crippen LogP contribution >= 0.6 is 12.4 Å². The average molecular weight is 234 g/mol. The Bertz CT molecular complexity index is 306. The summed E-state index contributed by atoms with van der Waals surface area (Å²) in [6.07, 6.45) is 0.445. The van der Waals surface area contributed by atoms with E-state index in [1.807, 2.05) is 7.05 Å². The van der Waals surface area contributed by atoms with Gasteiger partial charge in [-0.2, -0.15) is 0 Å². The Morgan fingerprint density at radius 2 is 2.13 bits per heavy atom. The van der Waals surface area contributed by atoms with Crippen molar-refractivity contribution in [3.63, 3.8) is 0 Å². The molecule has 0 aliphatic carbocycles. The largest absolute Gasteiger partial charge is 0.359 e. The molecule has 1 aromatic rings. The molecule has 0 radical (unpaired) electrons. The molecule has 0 saturated carbocycles. The number of amides is 1. The average Bonchev–Trinajstić information content (AvgIpc) is 2.46. The Balaban J connectivity index is 0.00000196. The predicted molar refractivity (Wildman–Crippen MR) is 60.4 cm³/mol. The van der Waals surface area contributed by atoms with Crippen molar-refractivity contribution in [3.8, 4) is 0 Å². The SMILES string of the molecule is CNCCC(=O)Nc1c(C)noc1C.Cl. The van der Waals surface area contributed by atoms with Crippen LogP contribution in [-0.2, 0) is 4.79 Å². The minimum Gasteiger partial charge on any atom is -0.359 e. The summed E-state index contributed by atoms with van der Waals surface area (Å²) in [5.74, 6) is 0.606. The van der Waals surface area contributed by atoms with Crippen molar-refractivity contribution in [2.75, 3.05) is 18.9 Å². The second-order valence-corrected chi connectivity index (χ2v) is 3.10. The number of aryl methyl sites for hydroxylation is 2. The van der Waals surface area contributed by atoms with E-state index in [0.717, 1.165) is 0 Å². The van der Waals surface area contributed by atoms with Gasteiger partial charge < -0.3 is 15.2 Å². The maximum atomic E-state index is 11.4. The highest BCUT2D eigenvalue weighted by atomic mass is 35.5. The minimum absolute atomic E-state index is 0. The summed E-state index contributed by atoms with van der Waals surface area (Å²) in [6.45, 7) is 4.23. The van der Waals surface area contributed by atoms with E-state index in [9.17, 15) is 4.79 Å². The fraction of sp³-hybridized carbons (Fsp3) is 0.556. The Hall–Kier alpha value is -1.07. The van der Waals surface area contributed by atoms with Crippen LogP contribution in [0.4, 0.5) is 5.69 Å². The first-order valence-corrected chi connectivity index (χ1v) is 4.52. The van der Waals surface area contributed by atoms with Crippen molar-refractivity contribution in [2.45, 2.75) is 20.3 Å². The number of halogens is 1. The highest BCUT2D eigenvalue weighted by Crippen LogP contribution is 2.18. The standard InChI is InChI=1S/C9H15N3O2.ClH/c1-6-9(7(2)14-12-6)11-8(13)4-5-10-3;/h10H,4-5H2,1-3H3,(H,11,13);1H. The molecule has 0 aliphatic rings. The smallest absolute Gasteiger partial charge is 0.225 e. The van der Waals surface area contributed by atoms with E-state index in [1.54, 1.807) is 13.8 Å². The van der Waals surface area contributed by atoms with E-state index in [1.165, 1.54) is 0 Å². The Morgan fingerprint density at radius 1 is 1.47 bits per heavy atom. The van der Waals surface area contributed by atoms with Crippen molar-refractivity contribution < 1.29 is 9.32 Å². The van der Waals surface area contributed by atoms with E-state index in [-0.39, 0.29) is 18.3 Å². The molecule has 0 atom stereocenters. The lowest BCUT2D eigenvalue weighted by Gasteiger charge is -2.03. The van der Waals surface area contributed by atoms with Gasteiger partial charge in [0.2, 0.25) is 5.91 Å². The summed E-state index contributed by atoms with van der Waals surface area (Å²) < 4.78 is 4.92. The van der Waals surface area contributed by atoms with Crippen LogP contribution in [0, 0.1) is 13.8 Å². The summed E-state index contributed by atoms with van der Waals surface area (Å²) in [5, 5.41) is 9.41. The first-order chi connectivity index (χ1) is 6.65. The van der Waals surface area contributed by atoms with E-state index >= 15 is 0 Å². The molecule has 86 valence electrons. The second kappa shape index (κ2) is 6.42. The third-order valence-electron chi connectivity index (χ3n) is 1.90. The van der Waals surface area contributed by atoms with Gasteiger partial charge >= 0.3 is 0 Å². The molecule has 0 aromatic carbocycles. The van der Waals surface area contributed by atoms with Gasteiger partial charge in [-0.3, -0.25) is 4.79 Å². The van der Waals surface area contributed by atoms with Crippen molar-refractivity contribution in [1.29, 1.82) is 0 Å². The lowest BCUT2D eigenvalue weighted by molar-refractivity contribution is -0.116. The van der Waals surface area contributed by atoms with Crippen LogP contribution in [0.5, 0.6) is 0 Å². The van der Waals surface area contributed by atoms with Crippen molar-refractivity contribution in [3.05, 3.63) is 11.5 Å². The zero-order chi connectivity index (χ0) is 10.6. The van der Waals surface area contributed by atoms with Crippen LogP contribution in [0.2, 0.25) is 0 Å². The zero-order valence-electron chi connectivity index (χ0n) is 9.09. The maximum absolute atomic E-state index is 11.4. The molecule has 1 heterocycles. The number of nitrogens with zero attached hydrogens (tertiary/aromatic N) is 1. The minimum atomic E-state index is -0.0336. The Kier molecular flexibility index (Phi) is 5.96. The molecule has 1 amide bonds. The predicted octanol–water partition coefficient (Wildman–Crippen LogP) is 1.26. The van der Waals surface area contributed by atoms with E-state index in [4.69, 9.17) is 4.52 Å². The van der Waals surface area contributed by atoms with Crippen LogP contribution in [0.25, 0.3) is 0 Å². The van der Waals surface area contributed by atoms with Crippen molar-refractivity contribution in [2.24, 2.45) is 0 Å². The van der Waals surface area contributed by atoms with Crippen LogP contribution in [0.1, 0.15) is 17.9 Å². The van der Waals surface area contributed by atoms with Crippen molar-refractivity contribution >= 4 is 24.0 Å². The van der Waals surface area contributed by atoms with E-state index < -0.39 is 0 Å². The van der Waals surface area contributed by atoms with Gasteiger partial charge in [0.15, 0.2) is 5.76 Å². The summed E-state index contributed by atoms with van der Waals surface area (Å²) in [5.41, 5.74) is 1.39. The van der Waals surface area contributed by atoms with Crippen LogP contribution in [0.15, 0.2) is 4.52 Å². The molecule has 6 heteroatoms. The maximum Gasteiger partial charge on any atom is 0.225 e. The molecule has 0 saturated heterocycles. The van der Waals surface area contributed by atoms with Gasteiger partial charge in [-0.25, -0.2) is 0 Å². The van der Waals surface area contributed by atoms with Crippen LogP contribution in [-0.4, -0.2) is 24.7 Å². The molecule has 0 unspecified atom stereocenters. The van der Waals surface area contributed by atoms with Gasteiger partial charge in [0, 0.05) is 13.0 Å². The number of aromatic nitrogens is 1. The van der Waals surface area contributed by atoms with Gasteiger partial charge in [0.25, 0.3) is 0 Å². The lowest BCUT2D eigenvalue weighted by atomic mass is 10.3. The monoisotopic (exact) mass is 233 g/mol. The molecular formula is C9H16ClN3O2. The summed E-state index contributed by atoms with van der Waals surface area (Å²) in [7, 11) is 1.81. The Morgan fingerprint density at radius 3 is 2.60 bits per heavy atom. The second-order valence-electron chi connectivity index (χ2n) is 3.10. The number of rotatable bonds is 4. The first-order valence-electron chi connectivity index (χ1n) is 4.52. The molecule has 1 rings (SSSR count). The third kappa shape index (κ3) is 3.89. The molecule has 0 fully saturated rings. The van der Waals surface area contributed by atoms with Crippen LogP contribution < -0.4 is 10.6 Å². The number of carbonyl (C=O) groups excluding carboxylic acids is 1. The van der Waals surface area contributed by atoms with Gasteiger partial charge in [0.05, 0.1) is 0 Å². The number of hydrogen-bond donors (Lipinski definition) is 2. The quantitative estimate of drug-likeness (QED) is 0.822. The van der Waals surface area contributed by atoms with Gasteiger partial charge in [-0.15, -0.1) is 12.4 Å². The number of carbonyl (C=O) groups is 1. The third-order valence-corrected chi connectivity index (χ3v) is 1.90. The number of anilines is 1. The molecule has 1 aromatic heterocycles. The molecule has 0 spiro atoms. The molecule has 0 bridgehead atoms. The molecule has 2 N–H and O–H groups in total. The van der Waals surface area contributed by atoms with E-state index in [2.05, 4.69) is 15.8 Å². The van der Waals surface area contributed by atoms with Gasteiger partial charge in [0.1, 0.15) is 11.4 Å². The van der Waals surface area contributed by atoms with E-state index in [0.29, 0.717) is 30.1 Å². The molecule has 5 nitrogen and oxygen atoms in total. The first kappa shape index (κ1) is 13.9. The Labute approximate surface area is 95.0 Å². The zero-order valence-corrected chi connectivity index (χ0v) is 9.90. The van der Waals surface area contributed by atoms with Gasteiger partial charge in [-0.1, -0.05) is 5.16 Å². The summed E-state index contributed by atoms with van der Waals surface area (Å²) >= 11 is 0. The van der Waals surface area contributed by atoms with Crippen molar-refractivity contribution in [1.82, 2.24) is 10.5 Å². The fourth-order valence-electron chi connectivity index (χ4n) is 1.10. The van der Waals surface area contributed by atoms with Gasteiger partial charge in [-0.05, 0) is 20.9 Å². The number of hydrogen-bond acceptors (Lipinski definition) is 4. The normalized spacial score (nSPS) is 9.53. The molecular weight excluding hydrogens is 218 g/mol. The topological polar surface area (TPSA) is 67.2 Å². The number of nitrogens with one attached hydrogen (secondary N) is 2. The van der Waals surface area contributed by atoms with Crippen LogP contribution in [0.3, 0.4) is 0 Å². The lowest BCUT2D eigenvalue weighted by Crippen LogP contribution is -2.19. The highest BCUT2D eigenvalue weighted by Gasteiger charge is 2.11. The fourth-order valence-corrected chi connectivity index (χ4v) is 1.10. The summed E-state index contributed by atoms with van der Waals surface area (Å²) in [4.78, 5) is 11.4. The molecule has 15 heavy (non-hydrogen) atoms.